The van der Waals surface area contributed by atoms with E-state index in [9.17, 15) is 4.79 Å². The van der Waals surface area contributed by atoms with Gasteiger partial charge in [-0.05, 0) is 13.0 Å². The number of hydrogen-bond acceptors (Lipinski definition) is 3. The lowest BCUT2D eigenvalue weighted by Crippen LogP contribution is -2.42. The van der Waals surface area contributed by atoms with Gasteiger partial charge < -0.3 is 16.4 Å². The van der Waals surface area contributed by atoms with Gasteiger partial charge in [0, 0.05) is 25.6 Å². The van der Waals surface area contributed by atoms with Crippen LogP contribution in [-0.2, 0) is 4.79 Å². The van der Waals surface area contributed by atoms with Gasteiger partial charge in [-0.2, -0.15) is 0 Å². The quantitative estimate of drug-likeness (QED) is 0.603. The fraction of sp³-hybridized carbons (Fsp3) is 0.889. The van der Waals surface area contributed by atoms with Crippen molar-refractivity contribution in [1.29, 1.82) is 0 Å². The van der Waals surface area contributed by atoms with Gasteiger partial charge in [0.2, 0.25) is 5.91 Å². The van der Waals surface area contributed by atoms with Crippen molar-refractivity contribution in [2.45, 2.75) is 26.3 Å². The number of hydrogen-bond donors (Lipinski definition) is 2. The maximum absolute atomic E-state index is 10.7. The summed E-state index contributed by atoms with van der Waals surface area (Å²) in [6.07, 6.45) is 0.347. The van der Waals surface area contributed by atoms with Gasteiger partial charge in [-0.3, -0.25) is 4.79 Å². The Hall–Kier alpha value is -0.610. The molecule has 0 heterocycles. The average Bonchev–Trinajstić information content (AvgIpc) is 1.98. The number of amides is 1. The fourth-order valence-corrected chi connectivity index (χ4v) is 1.38. The van der Waals surface area contributed by atoms with Crippen LogP contribution in [0.5, 0.6) is 0 Å². The number of primary amides is 1. The van der Waals surface area contributed by atoms with Crippen molar-refractivity contribution in [3.8, 4) is 0 Å². The maximum atomic E-state index is 10.7. The van der Waals surface area contributed by atoms with E-state index in [4.69, 9.17) is 11.5 Å². The summed E-state index contributed by atoms with van der Waals surface area (Å²) in [5.41, 5.74) is 10.7. The Bertz CT molecular complexity index is 159. The minimum atomic E-state index is -0.286. The minimum Gasteiger partial charge on any atom is -0.370 e. The van der Waals surface area contributed by atoms with Crippen LogP contribution in [0.15, 0.2) is 0 Å². The topological polar surface area (TPSA) is 72.3 Å². The summed E-state index contributed by atoms with van der Waals surface area (Å²) < 4.78 is 0. The molecule has 0 rings (SSSR count). The molecule has 0 saturated carbocycles. The van der Waals surface area contributed by atoms with Crippen molar-refractivity contribution in [2.75, 3.05) is 20.1 Å². The molecular weight excluding hydrogens is 166 g/mol. The highest BCUT2D eigenvalue weighted by molar-refractivity contribution is 5.74. The molecule has 0 radical (unpaired) electrons. The first-order valence-electron chi connectivity index (χ1n) is 4.66. The van der Waals surface area contributed by atoms with E-state index in [-0.39, 0.29) is 11.9 Å². The first kappa shape index (κ1) is 12.4. The zero-order valence-corrected chi connectivity index (χ0v) is 8.79. The standard InChI is InChI=1S/C9H21N3O/c1-7(2)6-12(3)8(5-10)4-9(11)13/h7-8H,4-6,10H2,1-3H3,(H2,11,13). The predicted octanol–water partition coefficient (Wildman–Crippen LogP) is -0.223. The highest BCUT2D eigenvalue weighted by atomic mass is 16.1. The average molecular weight is 187 g/mol. The Balaban J connectivity index is 3.98. The summed E-state index contributed by atoms with van der Waals surface area (Å²) in [5.74, 6) is 0.290. The third-order valence-electron chi connectivity index (χ3n) is 1.99. The van der Waals surface area contributed by atoms with Gasteiger partial charge in [0.25, 0.3) is 0 Å². The van der Waals surface area contributed by atoms with E-state index < -0.39 is 0 Å². The van der Waals surface area contributed by atoms with Crippen LogP contribution < -0.4 is 11.5 Å². The molecule has 1 unspecified atom stereocenters. The molecule has 13 heavy (non-hydrogen) atoms. The number of carbonyl (C=O) groups is 1. The van der Waals surface area contributed by atoms with Crippen molar-refractivity contribution in [2.24, 2.45) is 17.4 Å². The lowest BCUT2D eigenvalue weighted by atomic mass is 10.1. The molecule has 0 bridgehead atoms. The first-order chi connectivity index (χ1) is 5.97. The largest absolute Gasteiger partial charge is 0.370 e. The van der Waals surface area contributed by atoms with Gasteiger partial charge in [0.05, 0.1) is 0 Å². The summed E-state index contributed by atoms with van der Waals surface area (Å²) in [7, 11) is 1.97. The second-order valence-electron chi connectivity index (χ2n) is 3.89. The summed E-state index contributed by atoms with van der Waals surface area (Å²) in [6, 6.07) is 0.0832. The van der Waals surface area contributed by atoms with Gasteiger partial charge in [-0.25, -0.2) is 0 Å². The summed E-state index contributed by atoms with van der Waals surface area (Å²) >= 11 is 0. The lowest BCUT2D eigenvalue weighted by Gasteiger charge is -2.27. The van der Waals surface area contributed by atoms with Crippen LogP contribution in [0.2, 0.25) is 0 Å². The van der Waals surface area contributed by atoms with Gasteiger partial charge in [-0.15, -0.1) is 0 Å². The second kappa shape index (κ2) is 5.94. The third-order valence-corrected chi connectivity index (χ3v) is 1.99. The van der Waals surface area contributed by atoms with E-state index in [1.165, 1.54) is 0 Å². The molecule has 0 aromatic rings. The van der Waals surface area contributed by atoms with Crippen molar-refractivity contribution in [1.82, 2.24) is 4.90 Å². The smallest absolute Gasteiger partial charge is 0.219 e. The molecule has 4 heteroatoms. The number of likely N-dealkylation sites (N-methyl/N-ethyl adjacent to an activating group) is 1. The minimum absolute atomic E-state index is 0.0832. The van der Waals surface area contributed by atoms with E-state index >= 15 is 0 Å². The third kappa shape index (κ3) is 5.60. The first-order valence-corrected chi connectivity index (χ1v) is 4.66. The second-order valence-corrected chi connectivity index (χ2v) is 3.89. The van der Waals surface area contributed by atoms with Gasteiger partial charge in [0.1, 0.15) is 0 Å². The molecule has 4 N–H and O–H groups in total. The van der Waals surface area contributed by atoms with E-state index in [2.05, 4.69) is 18.7 Å². The summed E-state index contributed by atoms with van der Waals surface area (Å²) in [6.45, 7) is 5.68. The van der Waals surface area contributed by atoms with E-state index in [1.54, 1.807) is 0 Å². The maximum Gasteiger partial charge on any atom is 0.219 e. The lowest BCUT2D eigenvalue weighted by molar-refractivity contribution is -0.119. The molecular formula is C9H21N3O. The predicted molar refractivity (Wildman–Crippen MR) is 54.1 cm³/mol. The molecule has 0 aromatic heterocycles. The molecule has 0 aromatic carbocycles. The zero-order chi connectivity index (χ0) is 10.4. The Morgan fingerprint density at radius 2 is 2.00 bits per heavy atom. The number of nitrogens with two attached hydrogens (primary N) is 2. The highest BCUT2D eigenvalue weighted by Gasteiger charge is 2.15. The van der Waals surface area contributed by atoms with Gasteiger partial charge in [0.15, 0.2) is 0 Å². The number of nitrogens with zero attached hydrogens (tertiary/aromatic N) is 1. The molecule has 78 valence electrons. The Labute approximate surface area is 80.3 Å². The van der Waals surface area contributed by atoms with Crippen molar-refractivity contribution < 1.29 is 4.79 Å². The van der Waals surface area contributed by atoms with Crippen molar-refractivity contribution in [3.63, 3.8) is 0 Å². The van der Waals surface area contributed by atoms with Crippen LogP contribution >= 0.6 is 0 Å². The Morgan fingerprint density at radius 3 is 2.31 bits per heavy atom. The van der Waals surface area contributed by atoms with Gasteiger partial charge >= 0.3 is 0 Å². The molecule has 0 spiro atoms. The van der Waals surface area contributed by atoms with Crippen LogP contribution in [0.25, 0.3) is 0 Å². The number of carbonyl (C=O) groups excluding carboxylic acids is 1. The van der Waals surface area contributed by atoms with Crippen LogP contribution in [-0.4, -0.2) is 37.0 Å². The molecule has 0 aliphatic rings. The molecule has 0 fully saturated rings. The molecule has 0 aliphatic carbocycles. The fourth-order valence-electron chi connectivity index (χ4n) is 1.38. The normalized spacial score (nSPS) is 13.7. The molecule has 0 saturated heterocycles. The van der Waals surface area contributed by atoms with Crippen LogP contribution in [0, 0.1) is 5.92 Å². The van der Waals surface area contributed by atoms with Crippen LogP contribution in [0.1, 0.15) is 20.3 Å². The van der Waals surface area contributed by atoms with Crippen LogP contribution in [0.4, 0.5) is 0 Å². The molecule has 1 atom stereocenters. The summed E-state index contributed by atoms with van der Waals surface area (Å²) in [5, 5.41) is 0. The Kier molecular flexibility index (Phi) is 5.66. The van der Waals surface area contributed by atoms with E-state index in [0.29, 0.717) is 18.9 Å². The zero-order valence-electron chi connectivity index (χ0n) is 8.79. The molecule has 4 nitrogen and oxygen atoms in total. The SMILES string of the molecule is CC(C)CN(C)C(CN)CC(N)=O. The highest BCUT2D eigenvalue weighted by Crippen LogP contribution is 2.03. The molecule has 0 aliphatic heterocycles. The summed E-state index contributed by atoms with van der Waals surface area (Å²) in [4.78, 5) is 12.8. The van der Waals surface area contributed by atoms with Gasteiger partial charge in [-0.1, -0.05) is 13.8 Å². The monoisotopic (exact) mass is 187 g/mol. The van der Waals surface area contributed by atoms with Crippen molar-refractivity contribution >= 4 is 5.91 Å². The van der Waals surface area contributed by atoms with Crippen LogP contribution in [0.3, 0.4) is 0 Å². The number of rotatable bonds is 6. The van der Waals surface area contributed by atoms with E-state index in [0.717, 1.165) is 6.54 Å². The van der Waals surface area contributed by atoms with Crippen molar-refractivity contribution in [3.05, 3.63) is 0 Å². The van der Waals surface area contributed by atoms with E-state index in [1.807, 2.05) is 7.05 Å². The molecule has 1 amide bonds. The Morgan fingerprint density at radius 1 is 1.46 bits per heavy atom.